The van der Waals surface area contributed by atoms with Gasteiger partial charge in [0.25, 0.3) is 0 Å². The number of nitriles is 1. The monoisotopic (exact) mass is 502 g/mol. The van der Waals surface area contributed by atoms with E-state index in [1.807, 2.05) is 57.2 Å². The fraction of sp³-hybridized carbons (Fsp3) is 0.448. The Hall–Kier alpha value is -3.86. The Morgan fingerprint density at radius 1 is 1.03 bits per heavy atom. The van der Waals surface area contributed by atoms with Gasteiger partial charge in [-0.2, -0.15) is 5.26 Å². The molecule has 2 unspecified atom stereocenters. The third-order valence-corrected chi connectivity index (χ3v) is 7.12. The minimum Gasteiger partial charge on any atom is -0.444 e. The van der Waals surface area contributed by atoms with Crippen LogP contribution in [0.15, 0.2) is 48.5 Å². The van der Waals surface area contributed by atoms with Gasteiger partial charge in [-0.1, -0.05) is 36.4 Å². The molecule has 194 valence electrons. The van der Waals surface area contributed by atoms with Crippen LogP contribution in [0, 0.1) is 17.2 Å². The van der Waals surface area contributed by atoms with E-state index in [2.05, 4.69) is 11.4 Å². The molecular weight excluding hydrogens is 468 g/mol. The molecule has 3 N–H and O–H groups in total. The zero-order valence-electron chi connectivity index (χ0n) is 21.6. The molecule has 5 rings (SSSR count). The van der Waals surface area contributed by atoms with Gasteiger partial charge in [0.1, 0.15) is 17.7 Å². The van der Waals surface area contributed by atoms with Crippen LogP contribution >= 0.6 is 0 Å². The minimum atomic E-state index is -0.728. The van der Waals surface area contributed by atoms with Gasteiger partial charge in [-0.3, -0.25) is 14.5 Å². The molecule has 1 aliphatic carbocycles. The first-order chi connectivity index (χ1) is 17.6. The van der Waals surface area contributed by atoms with Crippen LogP contribution in [-0.4, -0.2) is 46.5 Å². The van der Waals surface area contributed by atoms with E-state index in [4.69, 9.17) is 10.5 Å². The van der Waals surface area contributed by atoms with Gasteiger partial charge in [-0.05, 0) is 81.2 Å². The van der Waals surface area contributed by atoms with E-state index in [1.165, 1.54) is 0 Å². The highest BCUT2D eigenvalue weighted by Crippen LogP contribution is 2.40. The van der Waals surface area contributed by atoms with E-state index >= 15 is 0 Å². The third-order valence-electron chi connectivity index (χ3n) is 7.12. The lowest BCUT2D eigenvalue weighted by Crippen LogP contribution is -2.64. The summed E-state index contributed by atoms with van der Waals surface area (Å²) in [5, 5.41) is 12.7. The Morgan fingerprint density at radius 2 is 1.59 bits per heavy atom. The molecular formula is C29H34N4O4. The number of rotatable bonds is 6. The summed E-state index contributed by atoms with van der Waals surface area (Å²) < 4.78 is 5.62. The van der Waals surface area contributed by atoms with E-state index in [1.54, 1.807) is 17.0 Å². The van der Waals surface area contributed by atoms with E-state index in [0.29, 0.717) is 12.0 Å². The van der Waals surface area contributed by atoms with Gasteiger partial charge in [0, 0.05) is 18.0 Å². The Kier molecular flexibility index (Phi) is 7.53. The van der Waals surface area contributed by atoms with Crippen LogP contribution in [-0.2, 0) is 16.0 Å². The van der Waals surface area contributed by atoms with Gasteiger partial charge in [0.2, 0.25) is 11.8 Å². The molecule has 37 heavy (non-hydrogen) atoms. The number of fused-ring (bicyclic) bond motifs is 3. The molecule has 0 aromatic heterocycles. The van der Waals surface area contributed by atoms with E-state index in [-0.39, 0.29) is 17.9 Å². The first kappa shape index (κ1) is 26.2. The van der Waals surface area contributed by atoms with Crippen LogP contribution in [0.25, 0.3) is 11.1 Å². The summed E-state index contributed by atoms with van der Waals surface area (Å²) in [4.78, 5) is 39.3. The number of carbonyl (C=O) groups excluding carboxylic acids is 3. The lowest BCUT2D eigenvalue weighted by Gasteiger charge is -2.50. The van der Waals surface area contributed by atoms with Gasteiger partial charge in [0.05, 0.1) is 6.07 Å². The zero-order chi connectivity index (χ0) is 26.7. The van der Waals surface area contributed by atoms with Crippen LogP contribution in [0.3, 0.4) is 0 Å². The van der Waals surface area contributed by atoms with Crippen LogP contribution in [0.2, 0.25) is 0 Å². The Bertz CT molecular complexity index is 1190. The Morgan fingerprint density at radius 3 is 2.11 bits per heavy atom. The smallest absolute Gasteiger partial charge is 0.411 e. The first-order valence-corrected chi connectivity index (χ1v) is 12.8. The summed E-state index contributed by atoms with van der Waals surface area (Å²) in [5.41, 5.74) is 7.91. The zero-order valence-corrected chi connectivity index (χ0v) is 21.6. The lowest BCUT2D eigenvalue weighted by molar-refractivity contribution is -0.135. The third kappa shape index (κ3) is 6.11. The van der Waals surface area contributed by atoms with Crippen molar-refractivity contribution in [2.45, 2.75) is 76.6 Å². The van der Waals surface area contributed by atoms with Crippen LogP contribution in [0.5, 0.6) is 0 Å². The average molecular weight is 503 g/mol. The number of nitrogens with two attached hydrogens (primary N) is 1. The van der Waals surface area contributed by atoms with Gasteiger partial charge in [-0.15, -0.1) is 0 Å². The molecule has 2 bridgehead atoms. The normalized spacial score (nSPS) is 21.6. The molecule has 2 aliphatic heterocycles. The van der Waals surface area contributed by atoms with Gasteiger partial charge in [0.15, 0.2) is 0 Å². The molecule has 2 heterocycles. The molecule has 2 aromatic carbocycles. The maximum atomic E-state index is 13.4. The van der Waals surface area contributed by atoms with Crippen molar-refractivity contribution >= 4 is 17.9 Å². The number of nitrogens with one attached hydrogen (secondary N) is 1. The first-order valence-electron chi connectivity index (χ1n) is 12.8. The number of carbonyl (C=O) groups is 3. The van der Waals surface area contributed by atoms with Crippen LogP contribution < -0.4 is 11.1 Å². The number of hydrogen-bond acceptors (Lipinski definition) is 5. The van der Waals surface area contributed by atoms with Crippen LogP contribution in [0.4, 0.5) is 4.79 Å². The summed E-state index contributed by atoms with van der Waals surface area (Å²) in [6.45, 7) is 5.44. The van der Waals surface area contributed by atoms with Crippen molar-refractivity contribution in [3.63, 3.8) is 0 Å². The standard InChI is InChI=1S/C29H34N4O4/c1-29(2,3)37-28(36)33-24-14-12-21(13-15-24)25(33)27(35)32-23(17-30)16-18-4-6-19(7-5-18)20-8-10-22(11-9-20)26(31)34/h4-11,21,23-25H,12-16H2,1-3H3,(H2,31,34)(H,32,35). The van der Waals surface area contributed by atoms with Crippen molar-refractivity contribution < 1.29 is 19.1 Å². The van der Waals surface area contributed by atoms with Gasteiger partial charge in [-0.25, -0.2) is 4.79 Å². The topological polar surface area (TPSA) is 126 Å². The van der Waals surface area contributed by atoms with Gasteiger partial charge >= 0.3 is 6.09 Å². The highest BCUT2D eigenvalue weighted by atomic mass is 16.6. The van der Waals surface area contributed by atoms with Crippen molar-refractivity contribution in [1.82, 2.24) is 10.2 Å². The van der Waals surface area contributed by atoms with Crippen LogP contribution in [0.1, 0.15) is 62.4 Å². The maximum Gasteiger partial charge on any atom is 0.411 e. The second kappa shape index (κ2) is 10.6. The van der Waals surface area contributed by atoms with Crippen molar-refractivity contribution in [1.29, 1.82) is 5.26 Å². The maximum absolute atomic E-state index is 13.4. The highest BCUT2D eigenvalue weighted by molar-refractivity contribution is 5.93. The summed E-state index contributed by atoms with van der Waals surface area (Å²) >= 11 is 0. The number of hydrogen-bond donors (Lipinski definition) is 2. The molecule has 3 fully saturated rings. The van der Waals surface area contributed by atoms with E-state index < -0.39 is 29.7 Å². The molecule has 0 spiro atoms. The van der Waals surface area contributed by atoms with Gasteiger partial charge < -0.3 is 15.8 Å². The molecule has 2 aromatic rings. The summed E-state index contributed by atoms with van der Waals surface area (Å²) in [7, 11) is 0. The fourth-order valence-corrected chi connectivity index (χ4v) is 5.35. The summed E-state index contributed by atoms with van der Waals surface area (Å²) in [6, 6.07) is 15.6. The highest BCUT2D eigenvalue weighted by Gasteiger charge is 2.49. The Labute approximate surface area is 217 Å². The van der Waals surface area contributed by atoms with Crippen molar-refractivity contribution in [2.75, 3.05) is 0 Å². The molecule has 1 saturated carbocycles. The predicted molar refractivity (Wildman–Crippen MR) is 139 cm³/mol. The minimum absolute atomic E-state index is 0.0132. The number of amides is 3. The quantitative estimate of drug-likeness (QED) is 0.613. The molecule has 3 amide bonds. The van der Waals surface area contributed by atoms with Crippen molar-refractivity contribution in [3.8, 4) is 17.2 Å². The summed E-state index contributed by atoms with van der Waals surface area (Å²) in [6.07, 6.45) is 3.40. The largest absolute Gasteiger partial charge is 0.444 e. The van der Waals surface area contributed by atoms with Crippen molar-refractivity contribution in [2.24, 2.45) is 11.7 Å². The number of benzene rings is 2. The number of ether oxygens (including phenoxy) is 1. The Balaban J connectivity index is 1.43. The molecule has 3 aliphatic rings. The van der Waals surface area contributed by atoms with E-state index in [9.17, 15) is 19.6 Å². The summed E-state index contributed by atoms with van der Waals surface area (Å²) in [5.74, 6) is -0.697. The lowest BCUT2D eigenvalue weighted by atomic mass is 9.74. The van der Waals surface area contributed by atoms with E-state index in [0.717, 1.165) is 42.4 Å². The molecule has 2 saturated heterocycles. The predicted octanol–water partition coefficient (Wildman–Crippen LogP) is 4.18. The SMILES string of the molecule is CC(C)(C)OC(=O)N1C2CCC(CC2)C1C(=O)NC(C#N)Cc1ccc(-c2ccc(C(N)=O)cc2)cc1. The molecule has 8 heteroatoms. The number of nitrogens with zero attached hydrogens (tertiary/aromatic N) is 2. The second-order valence-corrected chi connectivity index (χ2v) is 10.9. The number of piperidine rings is 2. The molecule has 0 radical (unpaired) electrons. The molecule has 8 nitrogen and oxygen atoms in total. The average Bonchev–Trinajstić information content (AvgIpc) is 2.87. The van der Waals surface area contributed by atoms with Crippen molar-refractivity contribution in [3.05, 3.63) is 59.7 Å². The fourth-order valence-electron chi connectivity index (χ4n) is 5.35. The second-order valence-electron chi connectivity index (χ2n) is 10.9. The molecule has 2 atom stereocenters. The number of primary amides is 1.